The molecule has 0 bridgehead atoms. The molecule has 0 saturated heterocycles. The van der Waals surface area contributed by atoms with Crippen LogP contribution >= 0.6 is 0 Å². The summed E-state index contributed by atoms with van der Waals surface area (Å²) >= 11 is 0. The Morgan fingerprint density at radius 2 is 1.05 bits per heavy atom. The van der Waals surface area contributed by atoms with Crippen LogP contribution in [0.1, 0.15) is 44.9 Å². The summed E-state index contributed by atoms with van der Waals surface area (Å²) in [4.78, 5) is 0. The molecule has 14 rings (SSSR count). The van der Waals surface area contributed by atoms with Crippen LogP contribution in [0.15, 0.2) is 193 Å². The van der Waals surface area contributed by atoms with Crippen molar-refractivity contribution < 1.29 is 0 Å². The van der Waals surface area contributed by atoms with Gasteiger partial charge in [0.05, 0.1) is 5.41 Å². The minimum atomic E-state index is -0.445. The zero-order chi connectivity index (χ0) is 37.0. The summed E-state index contributed by atoms with van der Waals surface area (Å²) in [6.45, 7) is 0. The van der Waals surface area contributed by atoms with Crippen molar-refractivity contribution in [3.63, 3.8) is 0 Å². The molecule has 0 nitrogen and oxygen atoms in total. The maximum atomic E-state index is 2.57. The highest BCUT2D eigenvalue weighted by Crippen LogP contribution is 2.64. The Bertz CT molecular complexity index is 3370. The van der Waals surface area contributed by atoms with Gasteiger partial charge in [-0.3, -0.25) is 0 Å². The van der Waals surface area contributed by atoms with E-state index in [0.29, 0.717) is 5.92 Å². The van der Waals surface area contributed by atoms with Crippen molar-refractivity contribution in [2.45, 2.75) is 17.8 Å². The Kier molecular flexibility index (Phi) is 5.64. The Morgan fingerprint density at radius 1 is 0.439 bits per heavy atom. The molecule has 0 amide bonds. The van der Waals surface area contributed by atoms with Crippen molar-refractivity contribution in [1.82, 2.24) is 0 Å². The average Bonchev–Trinajstić information content (AvgIpc) is 3.74. The first-order valence-electron chi connectivity index (χ1n) is 20.3. The standard InChI is InChI=1S/C57H34/c1-3-13-49-43(11-1)44-12-2-4-14-50(44)57(49)51-31-39(41-25-19-37-17-15-33-7-5-9-35-21-29-47(41)55(37)53(33)35)23-27-45(51)46-28-24-40(32-52(46)57)42-26-20-38-18-16-34-8-6-10-36-22-30-48(42)56(38)54(34)36/h1-29,31-32,54H,30H2. The Morgan fingerprint density at radius 3 is 1.81 bits per heavy atom. The van der Waals surface area contributed by atoms with Gasteiger partial charge in [0.2, 0.25) is 0 Å². The van der Waals surface area contributed by atoms with E-state index in [9.17, 15) is 0 Å². The molecule has 0 aromatic heterocycles. The lowest BCUT2D eigenvalue weighted by atomic mass is 9.68. The van der Waals surface area contributed by atoms with Crippen LogP contribution in [0, 0.1) is 0 Å². The van der Waals surface area contributed by atoms with E-state index < -0.39 is 5.41 Å². The van der Waals surface area contributed by atoms with Gasteiger partial charge >= 0.3 is 0 Å². The molecule has 9 aromatic rings. The average molecular weight is 719 g/mol. The smallest absolute Gasteiger partial charge is 0.0725 e. The van der Waals surface area contributed by atoms with Crippen LogP contribution in [0.3, 0.4) is 0 Å². The van der Waals surface area contributed by atoms with Gasteiger partial charge in [0.1, 0.15) is 0 Å². The summed E-state index contributed by atoms with van der Waals surface area (Å²) in [6, 6.07) is 58.5. The van der Waals surface area contributed by atoms with Gasteiger partial charge in [-0.05, 0) is 145 Å². The number of allylic oxidation sites excluding steroid dienone is 7. The number of benzene rings is 9. The molecule has 0 aliphatic heterocycles. The van der Waals surface area contributed by atoms with Crippen molar-refractivity contribution in [3.8, 4) is 44.5 Å². The van der Waals surface area contributed by atoms with Gasteiger partial charge in [-0.1, -0.05) is 176 Å². The monoisotopic (exact) mass is 718 g/mol. The molecule has 5 aliphatic carbocycles. The fraction of sp³-hybridized carbons (Fsp3) is 0.0526. The summed E-state index contributed by atoms with van der Waals surface area (Å²) in [5.41, 5.74) is 22.8. The molecule has 1 atom stereocenters. The van der Waals surface area contributed by atoms with Gasteiger partial charge in [0.25, 0.3) is 0 Å². The van der Waals surface area contributed by atoms with Crippen LogP contribution in [0.25, 0.3) is 82.9 Å². The molecule has 0 N–H and O–H groups in total. The second kappa shape index (κ2) is 10.6. The van der Waals surface area contributed by atoms with Gasteiger partial charge in [-0.15, -0.1) is 0 Å². The van der Waals surface area contributed by atoms with Crippen molar-refractivity contribution in [2.24, 2.45) is 0 Å². The van der Waals surface area contributed by atoms with E-state index in [-0.39, 0.29) is 0 Å². The molecule has 0 fully saturated rings. The topological polar surface area (TPSA) is 0 Å². The molecule has 0 heteroatoms. The third-order valence-corrected chi connectivity index (χ3v) is 14.2. The van der Waals surface area contributed by atoms with Crippen molar-refractivity contribution in [1.29, 1.82) is 0 Å². The minimum Gasteiger partial charge on any atom is -0.0759 e. The number of fused-ring (bicyclic) bond motifs is 10. The highest BCUT2D eigenvalue weighted by atomic mass is 14.5. The Hall–Kier alpha value is -7.02. The van der Waals surface area contributed by atoms with Gasteiger partial charge in [0, 0.05) is 5.92 Å². The summed E-state index contributed by atoms with van der Waals surface area (Å²) in [5, 5.41) is 7.94. The first-order valence-corrected chi connectivity index (χ1v) is 20.3. The molecule has 0 radical (unpaired) electrons. The normalized spacial score (nSPS) is 17.1. The lowest BCUT2D eigenvalue weighted by Crippen LogP contribution is -2.26. The van der Waals surface area contributed by atoms with Gasteiger partial charge in [-0.2, -0.15) is 0 Å². The molecule has 0 saturated carbocycles. The maximum Gasteiger partial charge on any atom is 0.0725 e. The van der Waals surface area contributed by atoms with E-state index in [1.807, 2.05) is 0 Å². The predicted molar refractivity (Wildman–Crippen MR) is 238 cm³/mol. The van der Waals surface area contributed by atoms with Crippen molar-refractivity contribution in [3.05, 3.63) is 232 Å². The highest BCUT2D eigenvalue weighted by Gasteiger charge is 2.52. The number of rotatable bonds is 2. The van der Waals surface area contributed by atoms with Gasteiger partial charge < -0.3 is 0 Å². The van der Waals surface area contributed by atoms with E-state index in [0.717, 1.165) is 6.42 Å². The maximum absolute atomic E-state index is 2.57. The number of hydrogen-bond donors (Lipinski definition) is 0. The SMILES string of the molecule is C1=CC2=CCc3c(-c4ccc5c(c4)C4(c6ccccc6-c6ccccc64)c4cc(-c6ccc7ccc8cccc9ccc6c7c89)ccc4-5)ccc4c3C2C(=C1)C=C4. The molecular weight excluding hydrogens is 685 g/mol. The largest absolute Gasteiger partial charge is 0.0759 e. The summed E-state index contributed by atoms with van der Waals surface area (Å²) < 4.78 is 0. The first kappa shape index (κ1) is 30.2. The molecule has 9 aromatic carbocycles. The Balaban J connectivity index is 1.03. The third-order valence-electron chi connectivity index (χ3n) is 14.2. The summed E-state index contributed by atoms with van der Waals surface area (Å²) in [6.07, 6.45) is 14.9. The minimum absolute atomic E-state index is 0.329. The van der Waals surface area contributed by atoms with Crippen molar-refractivity contribution >= 4 is 38.4 Å². The zero-order valence-corrected chi connectivity index (χ0v) is 31.2. The molecule has 0 heterocycles. The summed E-state index contributed by atoms with van der Waals surface area (Å²) in [5.74, 6) is 0.329. The quantitative estimate of drug-likeness (QED) is 0.156. The Labute approximate surface area is 331 Å². The van der Waals surface area contributed by atoms with Gasteiger partial charge in [-0.25, -0.2) is 0 Å². The van der Waals surface area contributed by atoms with E-state index in [1.165, 1.54) is 127 Å². The van der Waals surface area contributed by atoms with E-state index in [1.54, 1.807) is 0 Å². The van der Waals surface area contributed by atoms with Crippen molar-refractivity contribution in [2.75, 3.05) is 0 Å². The van der Waals surface area contributed by atoms with Crippen LogP contribution in [-0.4, -0.2) is 0 Å². The predicted octanol–water partition coefficient (Wildman–Crippen LogP) is 14.4. The molecule has 262 valence electrons. The van der Waals surface area contributed by atoms with Crippen LogP contribution < -0.4 is 0 Å². The van der Waals surface area contributed by atoms with E-state index >= 15 is 0 Å². The molecule has 57 heavy (non-hydrogen) atoms. The molecule has 1 unspecified atom stereocenters. The highest BCUT2D eigenvalue weighted by molar-refractivity contribution is 6.25. The lowest BCUT2D eigenvalue weighted by molar-refractivity contribution is 0.794. The van der Waals surface area contributed by atoms with Gasteiger partial charge in [0.15, 0.2) is 0 Å². The molecule has 1 spiro atoms. The lowest BCUT2D eigenvalue weighted by Gasteiger charge is -2.34. The summed E-state index contributed by atoms with van der Waals surface area (Å²) in [7, 11) is 0. The fourth-order valence-corrected chi connectivity index (χ4v) is 11.9. The van der Waals surface area contributed by atoms with E-state index in [2.05, 4.69) is 188 Å². The second-order valence-electron chi connectivity index (χ2n) is 16.6. The van der Waals surface area contributed by atoms with Crippen LogP contribution in [0.5, 0.6) is 0 Å². The first-order chi connectivity index (χ1) is 28.3. The van der Waals surface area contributed by atoms with Crippen LogP contribution in [0.2, 0.25) is 0 Å². The molecular formula is C57H34. The van der Waals surface area contributed by atoms with E-state index in [4.69, 9.17) is 0 Å². The fourth-order valence-electron chi connectivity index (χ4n) is 11.9. The number of hydrogen-bond acceptors (Lipinski definition) is 0. The van der Waals surface area contributed by atoms with Crippen LogP contribution in [0.4, 0.5) is 0 Å². The third kappa shape index (κ3) is 3.70. The zero-order valence-electron chi connectivity index (χ0n) is 31.2. The second-order valence-corrected chi connectivity index (χ2v) is 16.6. The van der Waals surface area contributed by atoms with Crippen LogP contribution in [-0.2, 0) is 11.8 Å². The molecule has 5 aliphatic rings.